The number of imidazole rings is 1. The van der Waals surface area contributed by atoms with Gasteiger partial charge in [-0.3, -0.25) is 13.7 Å². The minimum atomic E-state index is -4.54. The molecule has 2 aliphatic rings. The second-order valence-electron chi connectivity index (χ2n) is 22.8. The molecule has 0 amide bonds. The van der Waals surface area contributed by atoms with Crippen LogP contribution in [0.5, 0.6) is 11.5 Å². The predicted octanol–water partition coefficient (Wildman–Crippen LogP) is 19.7. The van der Waals surface area contributed by atoms with Crippen LogP contribution in [-0.2, 0) is 16.2 Å². The fourth-order valence-electron chi connectivity index (χ4n) is 12.7. The number of benzene rings is 10. The molecule has 6 heteroatoms. The van der Waals surface area contributed by atoms with Crippen molar-refractivity contribution < 1.29 is 35.3 Å². The van der Waals surface area contributed by atoms with E-state index in [-0.39, 0.29) is 16.7 Å². The van der Waals surface area contributed by atoms with Crippen LogP contribution >= 0.6 is 0 Å². The molecule has 5 heterocycles. The van der Waals surface area contributed by atoms with Gasteiger partial charge in [-0.05, 0) is 163 Å². The topological polar surface area (TPSA) is 40.8 Å². The SMILES string of the molecule is [2H]c1c([2H])c2c(c([2H])c1-c1cccc3c1-[n+]1[c-]n(-c4cccc(Oc5ccc6c7ccccc7n(-c7cc(C(C)(C)C)ccn7)c6c5)c4)c4cccc(c41)-c1ccccc1-c1ccc(-n4c5ccccc5c5ccccc54)cc1-3)C(C([2H])([2H])[2H])(C([2H])([2H])[2H])C([2H])([2H])C([2H])([2H])C2(C([2H])([2H])[2H])C([2H])([2H])[2H]. The Balaban J connectivity index is 0.998. The van der Waals surface area contributed by atoms with E-state index in [1.54, 1.807) is 21.3 Å². The molecule has 406 valence electrons. The summed E-state index contributed by atoms with van der Waals surface area (Å²) in [6, 6.07) is 61.9. The predicted molar refractivity (Wildman–Crippen MR) is 346 cm³/mol. The number of hydrogen-bond donors (Lipinski definition) is 0. The summed E-state index contributed by atoms with van der Waals surface area (Å²) in [5.41, 5.74) is -2.18. The van der Waals surface area contributed by atoms with E-state index in [4.69, 9.17) is 17.9 Å². The maximum absolute atomic E-state index is 10.6. The molecule has 1 aliphatic carbocycles. The third-order valence-corrected chi connectivity index (χ3v) is 16.6. The molecular formula is C78H63N5O. The van der Waals surface area contributed by atoms with E-state index in [9.17, 15) is 17.8 Å². The van der Waals surface area contributed by atoms with Gasteiger partial charge in [0.05, 0.1) is 48.6 Å². The van der Waals surface area contributed by atoms with Gasteiger partial charge in [0, 0.05) is 61.4 Å². The summed E-state index contributed by atoms with van der Waals surface area (Å²) in [4.78, 5) is 4.88. The highest BCUT2D eigenvalue weighted by atomic mass is 16.5. The summed E-state index contributed by atoms with van der Waals surface area (Å²) < 4.78 is 193. The van der Waals surface area contributed by atoms with Crippen LogP contribution in [0.2, 0.25) is 0 Å². The van der Waals surface area contributed by atoms with Gasteiger partial charge in [-0.25, -0.2) is 4.98 Å². The maximum atomic E-state index is 10.6. The second-order valence-corrected chi connectivity index (χ2v) is 22.8. The molecule has 14 aromatic rings. The standard InChI is InChI=1S/C78H63N5O/c1-76(2,3)50-39-42-79-73(44-50)83-70-31-15-12-25-61(70)62-37-35-54(47-72(62)83)84-53-20-16-19-51(45-53)80-48-81-74-55(49-33-38-66-67(43-49)78(6,7)41-40-77(66,4)5)26-17-27-64(74)65-46-52(82-68-29-13-10-23-59(68)60-24-11-14-30-69(60)82)34-36-58(65)56-21-8-9-22-57(56)63-28-18-32-71(80)75(63)81/h8-39,42-47H,40-41H2,1-7H3/i4D3,5D3,6D3,7D3,33D,38D,40D2,41D2,43D. The van der Waals surface area contributed by atoms with Crippen molar-refractivity contribution in [2.24, 2.45) is 0 Å². The van der Waals surface area contributed by atoms with Gasteiger partial charge in [0.15, 0.2) is 0 Å². The lowest BCUT2D eigenvalue weighted by molar-refractivity contribution is -0.570. The monoisotopic (exact) mass is 1100 g/mol. The Morgan fingerprint density at radius 3 is 1.85 bits per heavy atom. The smallest absolute Gasteiger partial charge is 0.269 e. The molecule has 0 bridgehead atoms. The molecule has 10 aromatic carbocycles. The van der Waals surface area contributed by atoms with Gasteiger partial charge in [0.2, 0.25) is 0 Å². The molecule has 1 aliphatic heterocycles. The van der Waals surface area contributed by atoms with E-state index in [1.807, 2.05) is 176 Å². The molecule has 0 unspecified atom stereocenters. The minimum Gasteiger partial charge on any atom is -0.458 e. The van der Waals surface area contributed by atoms with Gasteiger partial charge in [0.25, 0.3) is 6.33 Å². The summed E-state index contributed by atoms with van der Waals surface area (Å²) in [6.07, 6.45) is -3.60. The Morgan fingerprint density at radius 2 is 1.11 bits per heavy atom. The molecule has 0 radical (unpaired) electrons. The van der Waals surface area contributed by atoms with Crippen molar-refractivity contribution in [2.45, 2.75) is 77.2 Å². The van der Waals surface area contributed by atoms with E-state index >= 15 is 0 Å². The zero-order chi connectivity index (χ0) is 73.0. The van der Waals surface area contributed by atoms with Gasteiger partial charge in [0.1, 0.15) is 17.3 Å². The Hall–Kier alpha value is -9.78. The van der Waals surface area contributed by atoms with E-state index in [2.05, 4.69) is 54.4 Å². The third-order valence-electron chi connectivity index (χ3n) is 16.6. The van der Waals surface area contributed by atoms with Crippen molar-refractivity contribution in [3.63, 3.8) is 0 Å². The highest BCUT2D eigenvalue weighted by molar-refractivity contribution is 6.11. The zero-order valence-electron chi connectivity index (χ0n) is 64.9. The Labute approximate surface area is 516 Å². The van der Waals surface area contributed by atoms with Crippen LogP contribution in [0.3, 0.4) is 0 Å². The third kappa shape index (κ3) is 7.69. The summed E-state index contributed by atoms with van der Waals surface area (Å²) >= 11 is 0. The summed E-state index contributed by atoms with van der Waals surface area (Å²) in [7, 11) is 0. The quantitative estimate of drug-likeness (QED) is 0.123. The Bertz CT molecular complexity index is 5840. The van der Waals surface area contributed by atoms with Crippen molar-refractivity contribution in [3.05, 3.63) is 254 Å². The number of hydrogen-bond acceptors (Lipinski definition) is 2. The van der Waals surface area contributed by atoms with E-state index in [1.165, 1.54) is 6.07 Å². The number of para-hydroxylation sites is 5. The van der Waals surface area contributed by atoms with Crippen molar-refractivity contribution in [3.8, 4) is 78.9 Å². The van der Waals surface area contributed by atoms with Gasteiger partial charge in [-0.15, -0.1) is 0 Å². The highest BCUT2D eigenvalue weighted by Gasteiger charge is 2.38. The number of rotatable bonds is 6. The van der Waals surface area contributed by atoms with E-state index < -0.39 is 85.8 Å². The van der Waals surface area contributed by atoms with Gasteiger partial charge in [-0.1, -0.05) is 194 Å². The number of nitrogens with zero attached hydrogens (tertiary/aromatic N) is 5. The maximum Gasteiger partial charge on any atom is 0.269 e. The summed E-state index contributed by atoms with van der Waals surface area (Å²) in [5, 5.41) is 3.95. The molecule has 16 rings (SSSR count). The van der Waals surface area contributed by atoms with Crippen LogP contribution in [0, 0.1) is 6.33 Å². The molecular weight excluding hydrogens is 1020 g/mol. The molecule has 84 heavy (non-hydrogen) atoms. The zero-order valence-corrected chi connectivity index (χ0v) is 45.9. The van der Waals surface area contributed by atoms with E-state index in [0.29, 0.717) is 56.2 Å². The summed E-state index contributed by atoms with van der Waals surface area (Å²) in [6.45, 7) is -10.6. The fraction of sp³-hybridized carbons (Fsp3) is 0.154. The van der Waals surface area contributed by atoms with Crippen LogP contribution in [-0.4, -0.2) is 18.7 Å². The Kier molecular flexibility index (Phi) is 7.43. The van der Waals surface area contributed by atoms with Crippen LogP contribution in [0.1, 0.15) is 104 Å². The molecule has 4 aromatic heterocycles. The lowest BCUT2D eigenvalue weighted by atomic mass is 9.63. The first-order chi connectivity index (χ1) is 48.6. The fourth-order valence-corrected chi connectivity index (χ4v) is 12.7. The molecule has 0 atom stereocenters. The molecule has 0 fully saturated rings. The van der Waals surface area contributed by atoms with Crippen molar-refractivity contribution >= 4 is 54.6 Å². The number of ether oxygens (including phenoxy) is 1. The van der Waals surface area contributed by atoms with Crippen LogP contribution in [0.4, 0.5) is 0 Å². The largest absolute Gasteiger partial charge is 0.458 e. The lowest BCUT2D eigenvalue weighted by Crippen LogP contribution is -2.34. The molecule has 6 nitrogen and oxygen atoms in total. The highest BCUT2D eigenvalue weighted by Crippen LogP contribution is 2.50. The van der Waals surface area contributed by atoms with Gasteiger partial charge in [-0.2, -0.15) is 0 Å². The number of fused-ring (bicyclic) bond motifs is 14. The van der Waals surface area contributed by atoms with Crippen molar-refractivity contribution in [1.82, 2.24) is 18.7 Å². The average molecular weight is 1110 g/mol. The van der Waals surface area contributed by atoms with Crippen molar-refractivity contribution in [1.29, 1.82) is 0 Å². The first kappa shape index (κ1) is 34.0. The molecule has 0 N–H and O–H groups in total. The number of aromatic nitrogens is 5. The van der Waals surface area contributed by atoms with Crippen LogP contribution in [0.15, 0.2) is 231 Å². The Morgan fingerprint density at radius 1 is 0.512 bits per heavy atom. The molecule has 0 saturated heterocycles. The average Bonchev–Trinajstić information content (AvgIpc) is 1.18. The number of pyridine rings is 1. The first-order valence-corrected chi connectivity index (χ1v) is 27.9. The van der Waals surface area contributed by atoms with Gasteiger partial charge < -0.3 is 9.30 Å². The normalized spacial score (nSPS) is 19.3. The summed E-state index contributed by atoms with van der Waals surface area (Å²) in [5.74, 6) is 1.66. The van der Waals surface area contributed by atoms with Gasteiger partial charge >= 0.3 is 0 Å². The molecule has 0 saturated carbocycles. The second kappa shape index (κ2) is 18.4. The van der Waals surface area contributed by atoms with Crippen molar-refractivity contribution in [2.75, 3.05) is 0 Å². The van der Waals surface area contributed by atoms with Crippen LogP contribution in [0.25, 0.3) is 122 Å². The van der Waals surface area contributed by atoms with Crippen LogP contribution < -0.4 is 9.30 Å². The minimum absolute atomic E-state index is 0.0903. The van der Waals surface area contributed by atoms with E-state index in [0.717, 1.165) is 66.1 Å². The molecule has 0 spiro atoms. The first-order valence-electron chi connectivity index (χ1n) is 37.4. The lowest BCUT2D eigenvalue weighted by Gasteiger charge is -2.42.